The van der Waals surface area contributed by atoms with Gasteiger partial charge in [0.05, 0.1) is 13.7 Å². The largest absolute Gasteiger partial charge is 0.468 e. The molecule has 0 aliphatic rings. The van der Waals surface area contributed by atoms with Crippen LogP contribution in [0.1, 0.15) is 19.8 Å². The Morgan fingerprint density at radius 1 is 1.33 bits per heavy atom. The molecule has 3 N–H and O–H groups in total. The lowest BCUT2D eigenvalue weighted by Crippen LogP contribution is -2.36. The average molecular weight is 326 g/mol. The molecule has 0 aromatic heterocycles. The first-order valence-electron chi connectivity index (χ1n) is 6.40. The topological polar surface area (TPSA) is 111 Å². The van der Waals surface area contributed by atoms with Crippen molar-refractivity contribution in [3.63, 3.8) is 0 Å². The lowest BCUT2D eigenvalue weighted by Gasteiger charge is -2.18. The summed E-state index contributed by atoms with van der Waals surface area (Å²) in [4.78, 5) is 35.2. The van der Waals surface area contributed by atoms with Crippen molar-refractivity contribution in [1.29, 1.82) is 0 Å². The van der Waals surface area contributed by atoms with E-state index in [1.807, 2.05) is 0 Å². The van der Waals surface area contributed by atoms with Crippen molar-refractivity contribution in [2.24, 2.45) is 5.73 Å². The highest BCUT2D eigenvalue weighted by Gasteiger charge is 2.17. The molecular weight excluding hydrogens is 302 g/mol. The van der Waals surface area contributed by atoms with Crippen LogP contribution >= 0.6 is 12.4 Å². The monoisotopic (exact) mass is 325 g/mol. The fourth-order valence-electron chi connectivity index (χ4n) is 1.33. The number of hydrogen-bond acceptors (Lipinski definition) is 6. The van der Waals surface area contributed by atoms with Gasteiger partial charge in [-0.1, -0.05) is 0 Å². The van der Waals surface area contributed by atoms with Crippen molar-refractivity contribution in [3.05, 3.63) is 0 Å². The van der Waals surface area contributed by atoms with E-state index in [4.69, 9.17) is 10.5 Å². The third-order valence-electron chi connectivity index (χ3n) is 2.58. The highest BCUT2D eigenvalue weighted by atomic mass is 35.5. The molecular formula is C12H24ClN3O5. The Morgan fingerprint density at radius 2 is 1.95 bits per heavy atom. The number of halogens is 1. The van der Waals surface area contributed by atoms with Gasteiger partial charge in [-0.25, -0.2) is 4.79 Å². The molecule has 2 amide bonds. The van der Waals surface area contributed by atoms with E-state index >= 15 is 0 Å². The highest BCUT2D eigenvalue weighted by Crippen LogP contribution is 2.00. The summed E-state index contributed by atoms with van der Waals surface area (Å²) in [6.45, 7) is 2.65. The molecule has 0 rings (SSSR count). The number of likely N-dealkylation sites (N-methyl/N-ethyl adjacent to an activating group) is 1. The zero-order valence-corrected chi connectivity index (χ0v) is 13.4. The van der Waals surface area contributed by atoms with Crippen molar-refractivity contribution in [2.75, 3.05) is 33.9 Å². The Bertz CT molecular complexity index is 341. The Balaban J connectivity index is 0. The first kappa shape index (κ1) is 21.8. The molecule has 0 bridgehead atoms. The van der Waals surface area contributed by atoms with Gasteiger partial charge in [0.1, 0.15) is 12.6 Å². The first-order chi connectivity index (χ1) is 9.42. The smallest absolute Gasteiger partial charge is 0.407 e. The Labute approximate surface area is 130 Å². The van der Waals surface area contributed by atoms with Crippen LogP contribution in [-0.4, -0.2) is 62.8 Å². The third-order valence-corrected chi connectivity index (χ3v) is 2.58. The molecule has 8 nitrogen and oxygen atoms in total. The molecule has 0 saturated carbocycles. The van der Waals surface area contributed by atoms with Crippen molar-refractivity contribution in [1.82, 2.24) is 10.2 Å². The van der Waals surface area contributed by atoms with Gasteiger partial charge >= 0.3 is 12.1 Å². The summed E-state index contributed by atoms with van der Waals surface area (Å²) in [5.74, 6) is -0.719. The van der Waals surface area contributed by atoms with E-state index in [0.29, 0.717) is 6.54 Å². The summed E-state index contributed by atoms with van der Waals surface area (Å²) < 4.78 is 9.31. The molecule has 0 aromatic rings. The van der Waals surface area contributed by atoms with Gasteiger partial charge in [0.25, 0.3) is 0 Å². The quantitative estimate of drug-likeness (QED) is 0.602. The predicted molar refractivity (Wildman–Crippen MR) is 79.1 cm³/mol. The van der Waals surface area contributed by atoms with Gasteiger partial charge in [-0.2, -0.15) is 0 Å². The van der Waals surface area contributed by atoms with Crippen molar-refractivity contribution in [2.45, 2.75) is 25.8 Å². The number of carbonyl (C=O) groups is 3. The van der Waals surface area contributed by atoms with E-state index in [1.54, 1.807) is 14.0 Å². The number of ether oxygens (including phenoxy) is 2. The molecule has 0 fully saturated rings. The third kappa shape index (κ3) is 9.91. The minimum Gasteiger partial charge on any atom is -0.468 e. The Morgan fingerprint density at radius 3 is 2.48 bits per heavy atom. The van der Waals surface area contributed by atoms with Crippen LogP contribution in [0.3, 0.4) is 0 Å². The fourth-order valence-corrected chi connectivity index (χ4v) is 1.33. The maximum atomic E-state index is 11.7. The summed E-state index contributed by atoms with van der Waals surface area (Å²) in [6.07, 6.45) is -0.165. The van der Waals surface area contributed by atoms with Crippen LogP contribution < -0.4 is 11.1 Å². The van der Waals surface area contributed by atoms with Crippen LogP contribution in [0.25, 0.3) is 0 Å². The number of nitrogens with one attached hydrogen (secondary N) is 1. The van der Waals surface area contributed by atoms with E-state index in [0.717, 1.165) is 0 Å². The first-order valence-corrected chi connectivity index (χ1v) is 6.40. The maximum absolute atomic E-state index is 11.7. The van der Waals surface area contributed by atoms with Crippen molar-refractivity contribution < 1.29 is 23.9 Å². The normalized spacial score (nSPS) is 10.9. The molecule has 0 aliphatic heterocycles. The zero-order valence-electron chi connectivity index (χ0n) is 12.6. The molecule has 0 aromatic carbocycles. The van der Waals surface area contributed by atoms with Crippen molar-refractivity contribution >= 4 is 30.4 Å². The standard InChI is InChI=1S/C12H23N3O5.ClH/c1-4-14-12(18)20-8-7-15(2)10(16)6-5-9(13)11(17)19-3;/h9H,4-8,13H2,1-3H3,(H,14,18);1H/t9-;/m0./s1. The second-order valence-corrected chi connectivity index (χ2v) is 4.15. The average Bonchev–Trinajstić information content (AvgIpc) is 2.43. The van der Waals surface area contributed by atoms with Crippen LogP contribution in [0.5, 0.6) is 0 Å². The van der Waals surface area contributed by atoms with E-state index in [9.17, 15) is 14.4 Å². The van der Waals surface area contributed by atoms with Crippen LogP contribution in [0, 0.1) is 0 Å². The summed E-state index contributed by atoms with van der Waals surface area (Å²) in [5.41, 5.74) is 5.53. The van der Waals surface area contributed by atoms with E-state index < -0.39 is 18.1 Å². The van der Waals surface area contributed by atoms with Gasteiger partial charge in [-0.05, 0) is 13.3 Å². The molecule has 0 radical (unpaired) electrons. The van der Waals surface area contributed by atoms with E-state index in [1.165, 1.54) is 12.0 Å². The summed E-state index contributed by atoms with van der Waals surface area (Å²) in [7, 11) is 2.84. The van der Waals surface area contributed by atoms with Crippen LogP contribution in [0.15, 0.2) is 0 Å². The minimum atomic E-state index is -0.802. The van der Waals surface area contributed by atoms with Crippen LogP contribution in [0.2, 0.25) is 0 Å². The van der Waals surface area contributed by atoms with E-state index in [2.05, 4.69) is 10.1 Å². The SMILES string of the molecule is CCNC(=O)OCCN(C)C(=O)CC[C@H](N)C(=O)OC.Cl. The number of carbonyl (C=O) groups excluding carboxylic acids is 3. The summed E-state index contributed by atoms with van der Waals surface area (Å²) in [6, 6.07) is -0.802. The van der Waals surface area contributed by atoms with Gasteiger partial charge in [-0.3, -0.25) is 9.59 Å². The molecule has 0 spiro atoms. The molecule has 0 saturated heterocycles. The molecule has 0 unspecified atom stereocenters. The second-order valence-electron chi connectivity index (χ2n) is 4.15. The molecule has 9 heteroatoms. The lowest BCUT2D eigenvalue weighted by molar-refractivity contribution is -0.142. The molecule has 21 heavy (non-hydrogen) atoms. The van der Waals surface area contributed by atoms with E-state index in [-0.39, 0.29) is 44.3 Å². The van der Waals surface area contributed by atoms with Gasteiger partial charge in [0, 0.05) is 20.0 Å². The molecule has 0 heterocycles. The van der Waals surface area contributed by atoms with Gasteiger partial charge in [-0.15, -0.1) is 12.4 Å². The number of nitrogens with zero attached hydrogens (tertiary/aromatic N) is 1. The Kier molecular flexibility index (Phi) is 12.7. The summed E-state index contributed by atoms with van der Waals surface area (Å²) in [5, 5.41) is 2.47. The maximum Gasteiger partial charge on any atom is 0.407 e. The molecule has 0 aliphatic carbocycles. The number of methoxy groups -OCH3 is 1. The zero-order chi connectivity index (χ0) is 15.5. The van der Waals surface area contributed by atoms with Gasteiger partial charge < -0.3 is 25.4 Å². The van der Waals surface area contributed by atoms with Gasteiger partial charge in [0.15, 0.2) is 0 Å². The number of nitrogens with two attached hydrogens (primary N) is 1. The molecule has 1 atom stereocenters. The second kappa shape index (κ2) is 12.2. The Hall–Kier alpha value is -1.54. The number of alkyl carbamates (subject to hydrolysis) is 1. The minimum absolute atomic E-state index is 0. The van der Waals surface area contributed by atoms with Crippen LogP contribution in [0.4, 0.5) is 4.79 Å². The number of amides is 2. The predicted octanol–water partition coefficient (Wildman–Crippen LogP) is -0.107. The van der Waals surface area contributed by atoms with Crippen molar-refractivity contribution in [3.8, 4) is 0 Å². The van der Waals surface area contributed by atoms with Crippen LogP contribution in [-0.2, 0) is 19.1 Å². The molecule has 124 valence electrons. The lowest BCUT2D eigenvalue weighted by atomic mass is 10.1. The summed E-state index contributed by atoms with van der Waals surface area (Å²) >= 11 is 0. The number of hydrogen-bond donors (Lipinski definition) is 2. The number of esters is 1. The van der Waals surface area contributed by atoms with Gasteiger partial charge in [0.2, 0.25) is 5.91 Å². The highest BCUT2D eigenvalue weighted by molar-refractivity contribution is 5.85. The number of rotatable bonds is 8. The fraction of sp³-hybridized carbons (Fsp3) is 0.750.